The van der Waals surface area contributed by atoms with Crippen molar-refractivity contribution in [3.8, 4) is 17.0 Å². The molecule has 1 aromatic heterocycles. The number of amides is 2. The summed E-state index contributed by atoms with van der Waals surface area (Å²) >= 11 is 0. The van der Waals surface area contributed by atoms with Gasteiger partial charge in [0.25, 0.3) is 5.91 Å². The topological polar surface area (TPSA) is 118 Å². The zero-order chi connectivity index (χ0) is 26.9. The molecule has 0 saturated carbocycles. The second-order valence-corrected chi connectivity index (χ2v) is 9.38. The van der Waals surface area contributed by atoms with Gasteiger partial charge < -0.3 is 15.4 Å². The molecular weight excluding hydrogens is 487 g/mol. The van der Waals surface area contributed by atoms with Gasteiger partial charge in [0.1, 0.15) is 29.8 Å². The lowest BCUT2D eigenvalue weighted by Crippen LogP contribution is -2.50. The Morgan fingerprint density at radius 3 is 2.58 bits per heavy atom. The number of hydroxylamine groups is 1. The molecule has 2 amide bonds. The number of carbonyl (C=O) groups excluding carboxylic acids is 2. The minimum absolute atomic E-state index is 0.269. The zero-order valence-electron chi connectivity index (χ0n) is 20.7. The molecule has 5 rings (SSSR count). The van der Waals surface area contributed by atoms with Gasteiger partial charge in [-0.2, -0.15) is 0 Å². The van der Waals surface area contributed by atoms with E-state index in [0.29, 0.717) is 24.3 Å². The van der Waals surface area contributed by atoms with E-state index in [-0.39, 0.29) is 18.3 Å². The molecule has 194 valence electrons. The second-order valence-electron chi connectivity index (χ2n) is 9.38. The third-order valence-corrected chi connectivity index (χ3v) is 7.05. The number of nitrogens with two attached hydrogens (primary N) is 1. The molecule has 4 N–H and O–H groups in total. The Morgan fingerprint density at radius 2 is 1.87 bits per heavy atom. The summed E-state index contributed by atoms with van der Waals surface area (Å²) in [5.74, 6) is -0.758. The van der Waals surface area contributed by atoms with Gasteiger partial charge in [0.05, 0.1) is 11.2 Å². The molecule has 0 radical (unpaired) electrons. The van der Waals surface area contributed by atoms with Crippen LogP contribution in [0.2, 0.25) is 0 Å². The number of aromatic nitrogens is 1. The smallest absolute Gasteiger partial charge is 0.265 e. The second kappa shape index (κ2) is 10.2. The number of carbonyl (C=O) groups is 2. The maximum Gasteiger partial charge on any atom is 0.265 e. The first kappa shape index (κ1) is 25.3. The highest BCUT2D eigenvalue weighted by molar-refractivity contribution is 5.94. The molecule has 8 nitrogen and oxygen atoms in total. The average molecular weight is 515 g/mol. The Hall–Kier alpha value is -4.34. The van der Waals surface area contributed by atoms with Crippen LogP contribution in [0.1, 0.15) is 24.5 Å². The fraction of sp³-hybridized carbons (Fsp3) is 0.207. The number of nitrogens with one attached hydrogen (secondary N) is 1. The predicted molar refractivity (Wildman–Crippen MR) is 139 cm³/mol. The van der Waals surface area contributed by atoms with E-state index in [1.54, 1.807) is 41.9 Å². The molecule has 4 aromatic rings. The van der Waals surface area contributed by atoms with Crippen LogP contribution in [0, 0.1) is 5.82 Å². The lowest BCUT2D eigenvalue weighted by Gasteiger charge is -2.27. The number of hydrogen-bond donors (Lipinski definition) is 3. The Labute approximate surface area is 218 Å². The third kappa shape index (κ3) is 4.69. The van der Waals surface area contributed by atoms with Crippen molar-refractivity contribution in [1.29, 1.82) is 0 Å². The van der Waals surface area contributed by atoms with Gasteiger partial charge >= 0.3 is 0 Å². The summed E-state index contributed by atoms with van der Waals surface area (Å²) in [6.45, 7) is 2.11. The number of pyridine rings is 1. The van der Waals surface area contributed by atoms with Crippen LogP contribution in [0.3, 0.4) is 0 Å². The number of fused-ring (bicyclic) bond motifs is 1. The highest BCUT2D eigenvalue weighted by Gasteiger charge is 2.47. The summed E-state index contributed by atoms with van der Waals surface area (Å²) in [5, 5.41) is 9.86. The molecule has 0 aliphatic carbocycles. The van der Waals surface area contributed by atoms with Gasteiger partial charge in [-0.05, 0) is 67.4 Å². The number of hydrogen-bond acceptors (Lipinski definition) is 6. The standard InChI is InChI=1S/C29H27FN4O4/c1-18(27(35)33-37)34-15-14-29(31,28(34)36)21-8-12-23(13-9-21)38-17-20-16-26(19-6-10-22(30)11-7-19)32-25-5-3-2-4-24(20)25/h2-13,16,18,37H,14-15,17,31H2,1H3,(H,33,35). The van der Waals surface area contributed by atoms with E-state index in [0.717, 1.165) is 27.7 Å². The first-order valence-corrected chi connectivity index (χ1v) is 12.2. The van der Waals surface area contributed by atoms with Gasteiger partial charge in [0, 0.05) is 23.1 Å². The van der Waals surface area contributed by atoms with Crippen molar-refractivity contribution in [3.05, 3.63) is 95.8 Å². The molecule has 2 unspecified atom stereocenters. The van der Waals surface area contributed by atoms with Gasteiger partial charge in [-0.3, -0.25) is 14.8 Å². The maximum absolute atomic E-state index is 13.4. The lowest BCUT2D eigenvalue weighted by atomic mass is 9.89. The van der Waals surface area contributed by atoms with E-state index in [9.17, 15) is 14.0 Å². The Balaban J connectivity index is 1.35. The minimum Gasteiger partial charge on any atom is -0.489 e. The number of ether oxygens (including phenoxy) is 1. The van der Waals surface area contributed by atoms with Gasteiger partial charge in [-0.15, -0.1) is 0 Å². The Morgan fingerprint density at radius 1 is 1.16 bits per heavy atom. The van der Waals surface area contributed by atoms with Crippen LogP contribution < -0.4 is 16.0 Å². The Kier molecular flexibility index (Phi) is 6.79. The SMILES string of the molecule is CC(C(=O)NO)N1CCC(N)(c2ccc(OCc3cc(-c4ccc(F)cc4)nc4ccccc34)cc2)C1=O. The number of rotatable bonds is 7. The average Bonchev–Trinajstić information content (AvgIpc) is 3.26. The van der Waals surface area contributed by atoms with Crippen molar-refractivity contribution in [3.63, 3.8) is 0 Å². The van der Waals surface area contributed by atoms with Crippen molar-refractivity contribution in [2.75, 3.05) is 6.54 Å². The molecule has 9 heteroatoms. The third-order valence-electron chi connectivity index (χ3n) is 7.05. The van der Waals surface area contributed by atoms with Crippen LogP contribution in [-0.2, 0) is 21.7 Å². The zero-order valence-corrected chi connectivity index (χ0v) is 20.7. The van der Waals surface area contributed by atoms with Crippen molar-refractivity contribution in [2.24, 2.45) is 5.73 Å². The van der Waals surface area contributed by atoms with Gasteiger partial charge in [-0.25, -0.2) is 14.9 Å². The molecule has 2 heterocycles. The van der Waals surface area contributed by atoms with Crippen molar-refractivity contribution in [2.45, 2.75) is 31.5 Å². The maximum atomic E-state index is 13.4. The van der Waals surface area contributed by atoms with Crippen LogP contribution in [0.25, 0.3) is 22.2 Å². The largest absolute Gasteiger partial charge is 0.489 e. The van der Waals surface area contributed by atoms with Crippen molar-refractivity contribution >= 4 is 22.7 Å². The predicted octanol–water partition coefficient (Wildman–Crippen LogP) is 3.90. The highest BCUT2D eigenvalue weighted by Crippen LogP contribution is 2.33. The number of para-hydroxylation sites is 1. The lowest BCUT2D eigenvalue weighted by molar-refractivity contribution is -0.143. The Bertz CT molecular complexity index is 1490. The normalized spacial score (nSPS) is 18.0. The first-order valence-electron chi connectivity index (χ1n) is 12.2. The summed E-state index contributed by atoms with van der Waals surface area (Å²) in [7, 11) is 0. The van der Waals surface area contributed by atoms with Crippen LogP contribution in [0.15, 0.2) is 78.9 Å². The number of halogens is 1. The number of benzene rings is 3. The van der Waals surface area contributed by atoms with E-state index < -0.39 is 17.5 Å². The van der Waals surface area contributed by atoms with Crippen molar-refractivity contribution in [1.82, 2.24) is 15.4 Å². The van der Waals surface area contributed by atoms with E-state index in [1.165, 1.54) is 24.0 Å². The molecular formula is C29H27FN4O4. The fourth-order valence-corrected chi connectivity index (χ4v) is 4.78. The van der Waals surface area contributed by atoms with Crippen LogP contribution >= 0.6 is 0 Å². The molecule has 1 saturated heterocycles. The van der Waals surface area contributed by atoms with E-state index in [1.807, 2.05) is 30.3 Å². The molecule has 38 heavy (non-hydrogen) atoms. The molecule has 2 atom stereocenters. The summed E-state index contributed by atoms with van der Waals surface area (Å²) in [4.78, 5) is 30.9. The highest BCUT2D eigenvalue weighted by atomic mass is 19.1. The van der Waals surface area contributed by atoms with E-state index in [4.69, 9.17) is 20.7 Å². The van der Waals surface area contributed by atoms with Gasteiger partial charge in [-0.1, -0.05) is 30.3 Å². The number of likely N-dealkylation sites (tertiary alicyclic amines) is 1. The van der Waals surface area contributed by atoms with Crippen LogP contribution in [-0.4, -0.2) is 39.5 Å². The van der Waals surface area contributed by atoms with Gasteiger partial charge in [0.15, 0.2) is 0 Å². The molecule has 1 aliphatic rings. The monoisotopic (exact) mass is 514 g/mol. The van der Waals surface area contributed by atoms with Gasteiger partial charge in [0.2, 0.25) is 5.91 Å². The molecule has 1 aliphatic heterocycles. The fourth-order valence-electron chi connectivity index (χ4n) is 4.78. The quantitative estimate of drug-likeness (QED) is 0.254. The molecule has 3 aromatic carbocycles. The summed E-state index contributed by atoms with van der Waals surface area (Å²) in [5.41, 5.74) is 10.7. The van der Waals surface area contributed by atoms with Crippen LogP contribution in [0.5, 0.6) is 5.75 Å². The summed E-state index contributed by atoms with van der Waals surface area (Å²) < 4.78 is 19.5. The number of nitrogens with zero attached hydrogens (tertiary/aromatic N) is 2. The van der Waals surface area contributed by atoms with Crippen LogP contribution in [0.4, 0.5) is 4.39 Å². The minimum atomic E-state index is -1.27. The molecule has 0 bridgehead atoms. The summed E-state index contributed by atoms with van der Waals surface area (Å²) in [6.07, 6.45) is 0.338. The first-order chi connectivity index (χ1) is 18.3. The van der Waals surface area contributed by atoms with E-state index >= 15 is 0 Å². The van der Waals surface area contributed by atoms with Crippen molar-refractivity contribution < 1.29 is 23.9 Å². The molecule has 1 fully saturated rings. The molecule has 0 spiro atoms. The summed E-state index contributed by atoms with van der Waals surface area (Å²) in [6, 6.07) is 22.1. The van der Waals surface area contributed by atoms with E-state index in [2.05, 4.69) is 0 Å².